The minimum Gasteiger partial charge on any atom is -0.390 e. The van der Waals surface area contributed by atoms with Crippen LogP contribution in [0.25, 0.3) is 0 Å². The Bertz CT molecular complexity index is 566. The first-order valence-corrected chi connectivity index (χ1v) is 7.18. The zero-order valence-corrected chi connectivity index (χ0v) is 12.0. The smallest absolute Gasteiger partial charge is 0.390 e. The van der Waals surface area contributed by atoms with Gasteiger partial charge in [-0.2, -0.15) is 22.6 Å². The number of halogens is 3. The normalized spacial score (nSPS) is 13.4. The standard InChI is InChI=1S/C10H16F3N3O3S/c1-6(2)16(5-10(11,12)13)20(18,19)9-7(3)14-15-8(9)4-17/h6,17H,4-5H2,1-3H3,(H,14,15). The second-order valence-electron chi connectivity index (χ2n) is 4.54. The molecule has 2 N–H and O–H groups in total. The molecule has 0 aromatic carbocycles. The molecule has 0 saturated carbocycles. The largest absolute Gasteiger partial charge is 0.402 e. The summed E-state index contributed by atoms with van der Waals surface area (Å²) in [7, 11) is -4.40. The molecule has 0 radical (unpaired) electrons. The Morgan fingerprint density at radius 2 is 1.95 bits per heavy atom. The Kier molecular flexibility index (Phi) is 4.82. The molecule has 10 heteroatoms. The van der Waals surface area contributed by atoms with E-state index in [1.165, 1.54) is 20.8 Å². The zero-order valence-electron chi connectivity index (χ0n) is 11.2. The van der Waals surface area contributed by atoms with Crippen molar-refractivity contribution in [3.63, 3.8) is 0 Å². The van der Waals surface area contributed by atoms with Crippen LogP contribution in [-0.4, -0.2) is 46.8 Å². The number of aromatic nitrogens is 2. The molecule has 0 atom stereocenters. The van der Waals surface area contributed by atoms with Crippen LogP contribution < -0.4 is 0 Å². The van der Waals surface area contributed by atoms with Gasteiger partial charge in [0.2, 0.25) is 10.0 Å². The fraction of sp³-hybridized carbons (Fsp3) is 0.700. The molecule has 0 bridgehead atoms. The molecule has 0 fully saturated rings. The van der Waals surface area contributed by atoms with E-state index < -0.39 is 40.3 Å². The first-order chi connectivity index (χ1) is 9.00. The second kappa shape index (κ2) is 5.70. The van der Waals surface area contributed by atoms with Gasteiger partial charge in [-0.25, -0.2) is 8.42 Å². The van der Waals surface area contributed by atoms with Crippen LogP contribution in [0, 0.1) is 6.92 Å². The topological polar surface area (TPSA) is 86.3 Å². The molecule has 20 heavy (non-hydrogen) atoms. The molecule has 1 heterocycles. The van der Waals surface area contributed by atoms with E-state index in [1.807, 2.05) is 0 Å². The summed E-state index contributed by atoms with van der Waals surface area (Å²) in [6.07, 6.45) is -4.66. The van der Waals surface area contributed by atoms with Gasteiger partial charge in [0.25, 0.3) is 0 Å². The van der Waals surface area contributed by atoms with E-state index in [1.54, 1.807) is 0 Å². The number of rotatable bonds is 5. The number of nitrogens with zero attached hydrogens (tertiary/aromatic N) is 2. The number of aliphatic hydroxyl groups excluding tert-OH is 1. The number of alkyl halides is 3. The molecule has 1 aromatic heterocycles. The van der Waals surface area contributed by atoms with Gasteiger partial charge >= 0.3 is 6.18 Å². The number of aryl methyl sites for hydroxylation is 1. The molecule has 0 aliphatic heterocycles. The average Bonchev–Trinajstić information content (AvgIpc) is 2.66. The fourth-order valence-electron chi connectivity index (χ4n) is 1.76. The molecule has 0 unspecified atom stereocenters. The van der Waals surface area contributed by atoms with E-state index in [0.29, 0.717) is 4.31 Å². The lowest BCUT2D eigenvalue weighted by Gasteiger charge is -2.26. The second-order valence-corrected chi connectivity index (χ2v) is 6.37. The summed E-state index contributed by atoms with van der Waals surface area (Å²) in [6.45, 7) is 1.78. The van der Waals surface area contributed by atoms with Crippen LogP contribution in [-0.2, 0) is 16.6 Å². The van der Waals surface area contributed by atoms with Gasteiger partial charge < -0.3 is 5.11 Å². The maximum absolute atomic E-state index is 12.5. The summed E-state index contributed by atoms with van der Waals surface area (Å²) in [5, 5.41) is 15.0. The highest BCUT2D eigenvalue weighted by atomic mass is 32.2. The molecular formula is C10H16F3N3O3S. The molecule has 1 rings (SSSR count). The van der Waals surface area contributed by atoms with Crippen molar-refractivity contribution >= 4 is 10.0 Å². The van der Waals surface area contributed by atoms with Gasteiger partial charge in [0.05, 0.1) is 12.3 Å². The predicted molar refractivity (Wildman–Crippen MR) is 64.3 cm³/mol. The van der Waals surface area contributed by atoms with E-state index in [-0.39, 0.29) is 11.4 Å². The molecule has 0 aliphatic rings. The average molecular weight is 315 g/mol. The maximum atomic E-state index is 12.5. The van der Waals surface area contributed by atoms with Gasteiger partial charge in [-0.3, -0.25) is 5.10 Å². The van der Waals surface area contributed by atoms with Crippen LogP contribution in [0.1, 0.15) is 25.2 Å². The van der Waals surface area contributed by atoms with E-state index in [2.05, 4.69) is 10.2 Å². The third-order valence-corrected chi connectivity index (χ3v) is 4.81. The van der Waals surface area contributed by atoms with Crippen molar-refractivity contribution in [3.8, 4) is 0 Å². The summed E-state index contributed by atoms with van der Waals surface area (Å²) in [6, 6.07) is -0.887. The van der Waals surface area contributed by atoms with E-state index in [9.17, 15) is 21.6 Å². The Labute approximate surface area is 114 Å². The molecular weight excluding hydrogens is 299 g/mol. The monoisotopic (exact) mass is 315 g/mol. The first-order valence-electron chi connectivity index (χ1n) is 5.74. The van der Waals surface area contributed by atoms with Gasteiger partial charge in [0.1, 0.15) is 17.1 Å². The van der Waals surface area contributed by atoms with Crippen molar-refractivity contribution in [2.24, 2.45) is 0 Å². The summed E-state index contributed by atoms with van der Waals surface area (Å²) < 4.78 is 62.7. The molecule has 0 aliphatic carbocycles. The summed E-state index contributed by atoms with van der Waals surface area (Å²) >= 11 is 0. The molecule has 0 spiro atoms. The lowest BCUT2D eigenvalue weighted by molar-refractivity contribution is -0.138. The number of H-pyrrole nitrogens is 1. The van der Waals surface area contributed by atoms with Gasteiger partial charge in [0.15, 0.2) is 0 Å². The highest BCUT2D eigenvalue weighted by Crippen LogP contribution is 2.27. The van der Waals surface area contributed by atoms with Crippen LogP contribution in [0.2, 0.25) is 0 Å². The predicted octanol–water partition coefficient (Wildman–Crippen LogP) is 1.17. The SMILES string of the molecule is Cc1[nH]nc(CO)c1S(=O)(=O)N(CC(F)(F)F)C(C)C. The Morgan fingerprint density at radius 1 is 1.40 bits per heavy atom. The van der Waals surface area contributed by atoms with Crippen LogP contribution in [0.3, 0.4) is 0 Å². The highest BCUT2D eigenvalue weighted by molar-refractivity contribution is 7.89. The molecule has 6 nitrogen and oxygen atoms in total. The van der Waals surface area contributed by atoms with E-state index in [4.69, 9.17) is 5.11 Å². The van der Waals surface area contributed by atoms with Gasteiger partial charge in [0, 0.05) is 6.04 Å². The van der Waals surface area contributed by atoms with Crippen LogP contribution in [0.15, 0.2) is 4.90 Å². The van der Waals surface area contributed by atoms with E-state index in [0.717, 1.165) is 0 Å². The third kappa shape index (κ3) is 3.49. The van der Waals surface area contributed by atoms with Crippen molar-refractivity contribution in [2.45, 2.75) is 44.5 Å². The van der Waals surface area contributed by atoms with Crippen LogP contribution in [0.5, 0.6) is 0 Å². The number of hydrogen-bond donors (Lipinski definition) is 2. The number of aromatic amines is 1. The van der Waals surface area contributed by atoms with Gasteiger partial charge in [-0.05, 0) is 20.8 Å². The minimum absolute atomic E-state index is 0.0851. The molecule has 0 saturated heterocycles. The third-order valence-electron chi connectivity index (χ3n) is 2.59. The van der Waals surface area contributed by atoms with E-state index >= 15 is 0 Å². The molecule has 0 amide bonds. The quantitative estimate of drug-likeness (QED) is 0.854. The Hall–Kier alpha value is -1.13. The Morgan fingerprint density at radius 3 is 2.35 bits per heavy atom. The van der Waals surface area contributed by atoms with Crippen molar-refractivity contribution < 1.29 is 26.7 Å². The summed E-state index contributed by atoms with van der Waals surface area (Å²) in [5.41, 5.74) is -0.114. The van der Waals surface area contributed by atoms with Gasteiger partial charge in [-0.15, -0.1) is 0 Å². The lowest BCUT2D eigenvalue weighted by Crippen LogP contribution is -2.43. The molecule has 116 valence electrons. The number of hydrogen-bond acceptors (Lipinski definition) is 4. The fourth-order valence-corrected chi connectivity index (χ4v) is 3.70. The van der Waals surface area contributed by atoms with Crippen molar-refractivity contribution in [1.29, 1.82) is 0 Å². The minimum atomic E-state index is -4.66. The Balaban J connectivity index is 3.34. The maximum Gasteiger partial charge on any atom is 0.402 e. The summed E-state index contributed by atoms with van der Waals surface area (Å²) in [4.78, 5) is -0.405. The van der Waals surface area contributed by atoms with Crippen molar-refractivity contribution in [3.05, 3.63) is 11.4 Å². The van der Waals surface area contributed by atoms with Gasteiger partial charge in [-0.1, -0.05) is 0 Å². The number of sulfonamides is 1. The van der Waals surface area contributed by atoms with Crippen LogP contribution in [0.4, 0.5) is 13.2 Å². The summed E-state index contributed by atoms with van der Waals surface area (Å²) in [5.74, 6) is 0. The number of aliphatic hydroxyl groups is 1. The lowest BCUT2D eigenvalue weighted by atomic mass is 10.4. The first kappa shape index (κ1) is 16.9. The zero-order chi connectivity index (χ0) is 15.7. The van der Waals surface area contributed by atoms with Crippen molar-refractivity contribution in [2.75, 3.05) is 6.54 Å². The number of nitrogens with one attached hydrogen (secondary N) is 1. The van der Waals surface area contributed by atoms with Crippen molar-refractivity contribution in [1.82, 2.24) is 14.5 Å². The molecule has 1 aromatic rings. The highest BCUT2D eigenvalue weighted by Gasteiger charge is 2.40. The van der Waals surface area contributed by atoms with Crippen LogP contribution >= 0.6 is 0 Å².